The van der Waals surface area contributed by atoms with Gasteiger partial charge in [-0.15, -0.1) is 0 Å². The Labute approximate surface area is 123 Å². The molecule has 1 N–H and O–H groups in total. The van der Waals surface area contributed by atoms with E-state index in [4.69, 9.17) is 0 Å². The summed E-state index contributed by atoms with van der Waals surface area (Å²) in [6.45, 7) is 14.6. The van der Waals surface area contributed by atoms with Gasteiger partial charge in [-0.25, -0.2) is 0 Å². The highest BCUT2D eigenvalue weighted by Gasteiger charge is 2.16. The third-order valence-electron chi connectivity index (χ3n) is 3.31. The second kappa shape index (κ2) is 7.35. The third kappa shape index (κ3) is 6.01. The first kappa shape index (κ1) is 16.6. The van der Waals surface area contributed by atoms with Crippen molar-refractivity contribution in [1.29, 1.82) is 0 Å². The van der Waals surface area contributed by atoms with Crippen LogP contribution in [-0.4, -0.2) is 23.1 Å². The molecule has 19 heavy (non-hydrogen) atoms. The molecule has 0 radical (unpaired) electrons. The number of benzene rings is 1. The quantitative estimate of drug-likeness (QED) is 0.830. The van der Waals surface area contributed by atoms with E-state index in [9.17, 15) is 0 Å². The summed E-state index contributed by atoms with van der Waals surface area (Å²) in [7, 11) is 0. The van der Waals surface area contributed by atoms with Crippen LogP contribution in [0.1, 0.15) is 44.4 Å². The minimum absolute atomic E-state index is 0.342. The lowest BCUT2D eigenvalue weighted by Crippen LogP contribution is -2.35. The normalized spacial score (nSPS) is 13.6. The van der Waals surface area contributed by atoms with Crippen molar-refractivity contribution < 1.29 is 0 Å². The number of likely N-dealkylation sites (N-methyl/N-ethyl adjacent to an activating group) is 1. The van der Waals surface area contributed by atoms with Crippen molar-refractivity contribution in [3.63, 3.8) is 0 Å². The van der Waals surface area contributed by atoms with Crippen molar-refractivity contribution in [2.24, 2.45) is 0 Å². The highest BCUT2D eigenvalue weighted by molar-refractivity contribution is 8.00. The summed E-state index contributed by atoms with van der Waals surface area (Å²) in [5.74, 6) is 1.17. The Morgan fingerprint density at radius 1 is 1.16 bits per heavy atom. The number of hydrogen-bond acceptors (Lipinski definition) is 2. The highest BCUT2D eigenvalue weighted by atomic mass is 32.2. The molecule has 0 aromatic heterocycles. The van der Waals surface area contributed by atoms with Gasteiger partial charge in [0.2, 0.25) is 0 Å². The number of nitrogens with one attached hydrogen (secondary N) is 1. The molecule has 1 unspecified atom stereocenters. The number of thioether (sulfide) groups is 1. The van der Waals surface area contributed by atoms with Crippen LogP contribution in [0.3, 0.4) is 0 Å². The molecule has 0 bridgehead atoms. The topological polar surface area (TPSA) is 12.0 Å². The van der Waals surface area contributed by atoms with E-state index in [1.54, 1.807) is 0 Å². The molecular weight excluding hydrogens is 250 g/mol. The van der Waals surface area contributed by atoms with E-state index in [0.29, 0.717) is 10.8 Å². The van der Waals surface area contributed by atoms with Crippen molar-refractivity contribution in [3.05, 3.63) is 34.9 Å². The van der Waals surface area contributed by atoms with E-state index < -0.39 is 0 Å². The molecule has 1 atom stereocenters. The molecule has 1 aromatic carbocycles. The molecule has 0 spiro atoms. The van der Waals surface area contributed by atoms with Crippen molar-refractivity contribution in [1.82, 2.24) is 5.32 Å². The van der Waals surface area contributed by atoms with Crippen LogP contribution in [0.25, 0.3) is 0 Å². The SMILES string of the molecule is CCNC(CSC(C)(C)C)Cc1c(C)cccc1C. The van der Waals surface area contributed by atoms with Crippen LogP contribution in [0, 0.1) is 13.8 Å². The van der Waals surface area contributed by atoms with Gasteiger partial charge in [-0.05, 0) is 43.5 Å². The Kier molecular flexibility index (Phi) is 6.41. The van der Waals surface area contributed by atoms with Crippen LogP contribution < -0.4 is 5.32 Å². The molecule has 0 aliphatic heterocycles. The number of rotatable bonds is 6. The summed E-state index contributed by atoms with van der Waals surface area (Å²) in [6, 6.07) is 7.17. The molecule has 0 aliphatic rings. The Hall–Kier alpha value is -0.470. The summed E-state index contributed by atoms with van der Waals surface area (Å²) in [4.78, 5) is 0. The van der Waals surface area contributed by atoms with Crippen molar-refractivity contribution in [3.8, 4) is 0 Å². The Bertz CT molecular complexity index is 372. The molecule has 0 fully saturated rings. The van der Waals surface area contributed by atoms with E-state index in [0.717, 1.165) is 13.0 Å². The molecular formula is C17H29NS. The van der Waals surface area contributed by atoms with Crippen molar-refractivity contribution in [2.75, 3.05) is 12.3 Å². The van der Waals surface area contributed by atoms with E-state index >= 15 is 0 Å². The van der Waals surface area contributed by atoms with Crippen molar-refractivity contribution in [2.45, 2.75) is 58.8 Å². The zero-order valence-corrected chi connectivity index (χ0v) is 14.2. The summed E-state index contributed by atoms with van der Waals surface area (Å²) in [5, 5.41) is 3.64. The fraction of sp³-hybridized carbons (Fsp3) is 0.647. The standard InChI is InChI=1S/C17H29NS/c1-7-18-15(12-19-17(4,5)6)11-16-13(2)9-8-10-14(16)3/h8-10,15,18H,7,11-12H2,1-6H3. The highest BCUT2D eigenvalue weighted by Crippen LogP contribution is 2.25. The molecule has 0 saturated carbocycles. The smallest absolute Gasteiger partial charge is 0.0198 e. The fourth-order valence-corrected chi connectivity index (χ4v) is 3.18. The molecule has 0 saturated heterocycles. The van der Waals surface area contributed by atoms with Crippen LogP contribution in [0.4, 0.5) is 0 Å². The van der Waals surface area contributed by atoms with E-state index in [1.165, 1.54) is 22.4 Å². The number of hydrogen-bond donors (Lipinski definition) is 1. The van der Waals surface area contributed by atoms with Crippen LogP contribution in [-0.2, 0) is 6.42 Å². The van der Waals surface area contributed by atoms with Gasteiger partial charge in [0, 0.05) is 16.5 Å². The zero-order valence-electron chi connectivity index (χ0n) is 13.3. The maximum atomic E-state index is 3.64. The first-order valence-electron chi connectivity index (χ1n) is 7.26. The van der Waals surface area contributed by atoms with Crippen LogP contribution >= 0.6 is 11.8 Å². The molecule has 108 valence electrons. The minimum Gasteiger partial charge on any atom is -0.313 e. The molecule has 1 aromatic rings. The summed E-state index contributed by atoms with van der Waals surface area (Å²) in [5.41, 5.74) is 4.36. The summed E-state index contributed by atoms with van der Waals surface area (Å²) >= 11 is 2.05. The fourth-order valence-electron chi connectivity index (χ4n) is 2.25. The summed E-state index contributed by atoms with van der Waals surface area (Å²) < 4.78 is 0.342. The average Bonchev–Trinajstić information content (AvgIpc) is 2.30. The lowest BCUT2D eigenvalue weighted by atomic mass is 9.97. The maximum absolute atomic E-state index is 3.64. The molecule has 0 heterocycles. The maximum Gasteiger partial charge on any atom is 0.0198 e. The van der Waals surface area contributed by atoms with Crippen LogP contribution in [0.2, 0.25) is 0 Å². The summed E-state index contributed by atoms with van der Waals surface area (Å²) in [6.07, 6.45) is 1.13. The van der Waals surface area contributed by atoms with Crippen LogP contribution in [0.15, 0.2) is 18.2 Å². The molecule has 0 aliphatic carbocycles. The van der Waals surface area contributed by atoms with Gasteiger partial charge in [0.1, 0.15) is 0 Å². The van der Waals surface area contributed by atoms with Gasteiger partial charge in [0.15, 0.2) is 0 Å². The van der Waals surface area contributed by atoms with Gasteiger partial charge in [0.25, 0.3) is 0 Å². The lowest BCUT2D eigenvalue weighted by Gasteiger charge is -2.24. The molecule has 2 heteroatoms. The first-order valence-corrected chi connectivity index (χ1v) is 8.24. The first-order chi connectivity index (χ1) is 8.83. The lowest BCUT2D eigenvalue weighted by molar-refractivity contribution is 0.568. The molecule has 1 nitrogen and oxygen atoms in total. The largest absolute Gasteiger partial charge is 0.313 e. The second-order valence-electron chi connectivity index (χ2n) is 6.25. The van der Waals surface area contributed by atoms with Crippen LogP contribution in [0.5, 0.6) is 0 Å². The minimum atomic E-state index is 0.342. The van der Waals surface area contributed by atoms with Gasteiger partial charge in [-0.2, -0.15) is 11.8 Å². The van der Waals surface area contributed by atoms with Gasteiger partial charge in [-0.1, -0.05) is 45.9 Å². The van der Waals surface area contributed by atoms with Gasteiger partial charge < -0.3 is 5.32 Å². The monoisotopic (exact) mass is 279 g/mol. The van der Waals surface area contributed by atoms with Gasteiger partial charge in [0.05, 0.1) is 0 Å². The van der Waals surface area contributed by atoms with E-state index in [1.807, 2.05) is 0 Å². The predicted octanol–water partition coefficient (Wildman–Crippen LogP) is 4.36. The van der Waals surface area contributed by atoms with E-state index in [2.05, 4.69) is 76.8 Å². The Morgan fingerprint density at radius 2 is 1.74 bits per heavy atom. The van der Waals surface area contributed by atoms with Crippen molar-refractivity contribution >= 4 is 11.8 Å². The predicted molar refractivity (Wildman–Crippen MR) is 89.3 cm³/mol. The van der Waals surface area contributed by atoms with Gasteiger partial charge in [-0.3, -0.25) is 0 Å². The zero-order chi connectivity index (χ0) is 14.5. The third-order valence-corrected chi connectivity index (χ3v) is 4.74. The Balaban J connectivity index is 2.72. The van der Waals surface area contributed by atoms with E-state index in [-0.39, 0.29) is 0 Å². The second-order valence-corrected chi connectivity index (χ2v) is 8.10. The average molecular weight is 279 g/mol. The number of aryl methyl sites for hydroxylation is 2. The molecule has 1 rings (SSSR count). The Morgan fingerprint density at radius 3 is 2.21 bits per heavy atom. The molecule has 0 amide bonds. The van der Waals surface area contributed by atoms with Gasteiger partial charge >= 0.3 is 0 Å².